The van der Waals surface area contributed by atoms with Crippen LogP contribution in [-0.2, 0) is 4.79 Å². The summed E-state index contributed by atoms with van der Waals surface area (Å²) in [5, 5.41) is 3.45. The summed E-state index contributed by atoms with van der Waals surface area (Å²) in [5.74, 6) is 0.0944. The minimum atomic E-state index is 0.0944. The first-order valence-corrected chi connectivity index (χ1v) is 4.99. The molecule has 4 nitrogen and oxygen atoms in total. The lowest BCUT2D eigenvalue weighted by Gasteiger charge is -2.22. The van der Waals surface area contributed by atoms with Crippen LogP contribution in [0.2, 0.25) is 0 Å². The van der Waals surface area contributed by atoms with Gasteiger partial charge >= 0.3 is 0 Å². The maximum atomic E-state index is 11.3. The molecule has 13 heavy (non-hydrogen) atoms. The van der Waals surface area contributed by atoms with E-state index in [0.29, 0.717) is 18.3 Å². The van der Waals surface area contributed by atoms with Crippen molar-refractivity contribution < 1.29 is 4.79 Å². The fourth-order valence-corrected chi connectivity index (χ4v) is 1.95. The van der Waals surface area contributed by atoms with Crippen LogP contribution >= 0.6 is 12.2 Å². The van der Waals surface area contributed by atoms with E-state index in [2.05, 4.69) is 10.2 Å². The topological polar surface area (TPSA) is 35.6 Å². The molecule has 2 saturated heterocycles. The number of carbonyl (C=O) groups excluding carboxylic acids is 1. The Bertz CT molecular complexity index is 222. The lowest BCUT2D eigenvalue weighted by atomic mass is 10.4. The third kappa shape index (κ3) is 1.81. The third-order valence-electron chi connectivity index (χ3n) is 2.48. The first kappa shape index (κ1) is 8.90. The quantitative estimate of drug-likeness (QED) is 0.622. The number of carbonyl (C=O) groups is 1. The van der Waals surface area contributed by atoms with Gasteiger partial charge in [0.2, 0.25) is 5.91 Å². The zero-order valence-corrected chi connectivity index (χ0v) is 8.27. The average molecular weight is 199 g/mol. The second-order valence-corrected chi connectivity index (χ2v) is 3.83. The van der Waals surface area contributed by atoms with Crippen molar-refractivity contribution in [2.45, 2.75) is 12.8 Å². The van der Waals surface area contributed by atoms with Crippen molar-refractivity contribution in [2.75, 3.05) is 26.3 Å². The van der Waals surface area contributed by atoms with Crippen LogP contribution < -0.4 is 5.32 Å². The molecular formula is C8H13N3OS. The van der Waals surface area contributed by atoms with Gasteiger partial charge in [0.05, 0.1) is 13.2 Å². The molecule has 5 heteroatoms. The number of nitrogens with zero attached hydrogens (tertiary/aromatic N) is 2. The predicted octanol–water partition coefficient (Wildman–Crippen LogP) is -0.244. The van der Waals surface area contributed by atoms with Gasteiger partial charge in [0.15, 0.2) is 5.11 Å². The van der Waals surface area contributed by atoms with E-state index in [1.165, 1.54) is 12.8 Å². The Kier molecular flexibility index (Phi) is 2.46. The van der Waals surface area contributed by atoms with Gasteiger partial charge in [0.25, 0.3) is 0 Å². The van der Waals surface area contributed by atoms with Gasteiger partial charge in [-0.05, 0) is 38.1 Å². The number of rotatable bonds is 2. The third-order valence-corrected chi connectivity index (χ3v) is 2.84. The molecule has 2 rings (SSSR count). The minimum absolute atomic E-state index is 0.0944. The number of hydrogen-bond acceptors (Lipinski definition) is 3. The lowest BCUT2D eigenvalue weighted by Crippen LogP contribution is -2.40. The summed E-state index contributed by atoms with van der Waals surface area (Å²) < 4.78 is 0. The van der Waals surface area contributed by atoms with E-state index in [0.717, 1.165) is 13.1 Å². The smallest absolute Gasteiger partial charge is 0.249 e. The molecule has 0 aromatic heterocycles. The van der Waals surface area contributed by atoms with E-state index < -0.39 is 0 Å². The van der Waals surface area contributed by atoms with Gasteiger partial charge < -0.3 is 5.32 Å². The van der Waals surface area contributed by atoms with Crippen LogP contribution in [0.15, 0.2) is 0 Å². The van der Waals surface area contributed by atoms with Gasteiger partial charge in [-0.1, -0.05) is 0 Å². The lowest BCUT2D eigenvalue weighted by molar-refractivity contribution is -0.125. The van der Waals surface area contributed by atoms with Gasteiger partial charge in [-0.3, -0.25) is 14.6 Å². The van der Waals surface area contributed by atoms with Crippen LogP contribution in [0, 0.1) is 0 Å². The first-order valence-electron chi connectivity index (χ1n) is 4.58. The Balaban J connectivity index is 1.92. The van der Waals surface area contributed by atoms with E-state index in [4.69, 9.17) is 12.2 Å². The number of nitrogens with one attached hydrogen (secondary N) is 1. The number of likely N-dealkylation sites (tertiary alicyclic amines) is 1. The Hall–Kier alpha value is -0.680. The van der Waals surface area contributed by atoms with E-state index in [1.807, 2.05) is 0 Å². The molecule has 0 atom stereocenters. The van der Waals surface area contributed by atoms with E-state index in [-0.39, 0.29) is 5.91 Å². The minimum Gasteiger partial charge on any atom is -0.353 e. The van der Waals surface area contributed by atoms with Crippen LogP contribution in [0.3, 0.4) is 0 Å². The molecule has 0 aromatic carbocycles. The van der Waals surface area contributed by atoms with Crippen molar-refractivity contribution in [3.63, 3.8) is 0 Å². The Morgan fingerprint density at radius 1 is 1.38 bits per heavy atom. The monoisotopic (exact) mass is 199 g/mol. The number of hydrogen-bond donors (Lipinski definition) is 1. The molecule has 0 bridgehead atoms. The van der Waals surface area contributed by atoms with Crippen molar-refractivity contribution in [3.05, 3.63) is 0 Å². The van der Waals surface area contributed by atoms with E-state index in [1.54, 1.807) is 4.90 Å². The highest BCUT2D eigenvalue weighted by Gasteiger charge is 2.27. The number of thiocarbonyl (C=S) groups is 1. The van der Waals surface area contributed by atoms with Crippen molar-refractivity contribution >= 4 is 23.2 Å². The zero-order valence-electron chi connectivity index (χ0n) is 7.45. The van der Waals surface area contributed by atoms with Crippen molar-refractivity contribution in [1.29, 1.82) is 0 Å². The summed E-state index contributed by atoms with van der Waals surface area (Å²) in [5.41, 5.74) is 0. The average Bonchev–Trinajstić information content (AvgIpc) is 2.70. The van der Waals surface area contributed by atoms with Gasteiger partial charge in [-0.2, -0.15) is 0 Å². The van der Waals surface area contributed by atoms with Crippen LogP contribution in [0.4, 0.5) is 0 Å². The molecule has 72 valence electrons. The molecule has 2 aliphatic rings. The molecule has 0 aromatic rings. The first-order chi connectivity index (χ1) is 6.27. The van der Waals surface area contributed by atoms with Crippen LogP contribution in [0.1, 0.15) is 12.8 Å². The summed E-state index contributed by atoms with van der Waals surface area (Å²) in [6.45, 7) is 3.22. The summed E-state index contributed by atoms with van der Waals surface area (Å²) in [6.07, 6.45) is 2.48. The van der Waals surface area contributed by atoms with Crippen molar-refractivity contribution in [1.82, 2.24) is 15.1 Å². The summed E-state index contributed by atoms with van der Waals surface area (Å²) in [7, 11) is 0. The van der Waals surface area contributed by atoms with E-state index >= 15 is 0 Å². The summed E-state index contributed by atoms with van der Waals surface area (Å²) >= 11 is 5.02. The molecule has 2 aliphatic heterocycles. The molecule has 2 heterocycles. The largest absolute Gasteiger partial charge is 0.353 e. The Morgan fingerprint density at radius 3 is 2.62 bits per heavy atom. The standard InChI is InChI=1S/C8H13N3OS/c12-7-5-9-8(13)11(7)6-10-3-1-2-4-10/h1-6H2,(H,9,13). The molecule has 0 spiro atoms. The normalized spacial score (nSPS) is 24.2. The molecule has 2 fully saturated rings. The van der Waals surface area contributed by atoms with Crippen LogP contribution in [-0.4, -0.2) is 47.1 Å². The van der Waals surface area contributed by atoms with Crippen LogP contribution in [0.5, 0.6) is 0 Å². The van der Waals surface area contributed by atoms with Crippen molar-refractivity contribution in [2.24, 2.45) is 0 Å². The molecule has 0 unspecified atom stereocenters. The second-order valence-electron chi connectivity index (χ2n) is 3.45. The van der Waals surface area contributed by atoms with Crippen LogP contribution in [0.25, 0.3) is 0 Å². The highest BCUT2D eigenvalue weighted by molar-refractivity contribution is 7.80. The fourth-order valence-electron chi connectivity index (χ4n) is 1.72. The maximum absolute atomic E-state index is 11.3. The highest BCUT2D eigenvalue weighted by Crippen LogP contribution is 2.09. The second kappa shape index (κ2) is 3.59. The number of amides is 1. The van der Waals surface area contributed by atoms with Gasteiger partial charge in [0, 0.05) is 0 Å². The molecule has 0 saturated carbocycles. The Morgan fingerprint density at radius 2 is 2.08 bits per heavy atom. The maximum Gasteiger partial charge on any atom is 0.249 e. The molecular weight excluding hydrogens is 186 g/mol. The predicted molar refractivity (Wildman–Crippen MR) is 53.1 cm³/mol. The Labute approximate surface area is 82.9 Å². The molecule has 1 amide bonds. The van der Waals surface area contributed by atoms with Gasteiger partial charge in [0.1, 0.15) is 0 Å². The SMILES string of the molecule is O=C1CNC(=S)N1CN1CCCC1. The van der Waals surface area contributed by atoms with E-state index in [9.17, 15) is 4.79 Å². The zero-order chi connectivity index (χ0) is 9.26. The summed E-state index contributed by atoms with van der Waals surface area (Å²) in [4.78, 5) is 15.2. The van der Waals surface area contributed by atoms with Crippen molar-refractivity contribution in [3.8, 4) is 0 Å². The fraction of sp³-hybridized carbons (Fsp3) is 0.750. The van der Waals surface area contributed by atoms with Gasteiger partial charge in [-0.25, -0.2) is 0 Å². The molecule has 0 radical (unpaired) electrons. The summed E-state index contributed by atoms with van der Waals surface area (Å²) in [6, 6.07) is 0. The van der Waals surface area contributed by atoms with Gasteiger partial charge in [-0.15, -0.1) is 0 Å². The molecule has 1 N–H and O–H groups in total. The molecule has 0 aliphatic carbocycles. The highest BCUT2D eigenvalue weighted by atomic mass is 32.1.